The molecule has 2 aromatic rings. The van der Waals surface area contributed by atoms with E-state index in [1.165, 1.54) is 18.2 Å². The summed E-state index contributed by atoms with van der Waals surface area (Å²) in [5.41, 5.74) is 0.0101. The molecule has 0 bridgehead atoms. The highest BCUT2D eigenvalue weighted by molar-refractivity contribution is 7.90. The molecule has 0 aromatic heterocycles. The van der Waals surface area contributed by atoms with E-state index >= 15 is 0 Å². The molecule has 2 aliphatic heterocycles. The van der Waals surface area contributed by atoms with Crippen LogP contribution in [0.4, 0.5) is 18.0 Å². The van der Waals surface area contributed by atoms with Crippen LogP contribution in [0.3, 0.4) is 0 Å². The number of nitrogens with one attached hydrogen (secondary N) is 1. The van der Waals surface area contributed by atoms with Crippen molar-refractivity contribution in [1.82, 2.24) is 15.1 Å². The summed E-state index contributed by atoms with van der Waals surface area (Å²) in [6.45, 7) is 1.88. The first-order valence-electron chi connectivity index (χ1n) is 11.0. The number of fused-ring (bicyclic) bond motifs is 1. The molecule has 2 aromatic carbocycles. The fourth-order valence-corrected chi connectivity index (χ4v) is 5.77. The van der Waals surface area contributed by atoms with E-state index in [4.69, 9.17) is 0 Å². The molecule has 0 spiro atoms. The predicted molar refractivity (Wildman–Crippen MR) is 119 cm³/mol. The molecule has 1 saturated heterocycles. The molecule has 11 heteroatoms. The van der Waals surface area contributed by atoms with Gasteiger partial charge in [-0.25, -0.2) is 4.79 Å². The number of nitrogens with zero attached hydrogens (tertiary/aromatic N) is 3. The summed E-state index contributed by atoms with van der Waals surface area (Å²) in [5.74, 6) is 0.400. The average molecular weight is 493 g/mol. The Kier molecular flexibility index (Phi) is 5.34. The number of hydrogen-bond donors (Lipinski definition) is 1. The highest BCUT2D eigenvalue weighted by atomic mass is 32.2. The third-order valence-corrected chi connectivity index (χ3v) is 8.04. The Labute approximate surface area is 195 Å². The molecule has 2 amide bonds. The minimum Gasteiger partial charge on any atom is -0.352 e. The first-order valence-corrected chi connectivity index (χ1v) is 12.4. The Morgan fingerprint density at radius 3 is 2.41 bits per heavy atom. The zero-order valence-electron chi connectivity index (χ0n) is 18.2. The lowest BCUT2D eigenvalue weighted by Gasteiger charge is -2.36. The second-order valence-corrected chi connectivity index (χ2v) is 10.5. The van der Waals surface area contributed by atoms with Gasteiger partial charge in [-0.1, -0.05) is 30.3 Å². The Morgan fingerprint density at radius 1 is 1.03 bits per heavy atom. The molecule has 34 heavy (non-hydrogen) atoms. The molecule has 7 nitrogen and oxygen atoms in total. The van der Waals surface area contributed by atoms with Crippen molar-refractivity contribution in [2.75, 3.05) is 32.7 Å². The monoisotopic (exact) mass is 492 g/mol. The summed E-state index contributed by atoms with van der Waals surface area (Å²) in [5, 5.41) is 2.89. The van der Waals surface area contributed by atoms with Gasteiger partial charge >= 0.3 is 12.2 Å². The standard InChI is InChI=1S/C23H23F3N4O3S/c24-23(25,26)17-5-3-4-16(14-17)22(8-9-22)15-27-21(31)30-12-10-29(11-13-30)20-18-6-1-2-7-19(18)34(32,33)28-20/h1-7,14H,8-13,15H2,(H,27,31). The van der Waals surface area contributed by atoms with Crippen LogP contribution in [0.2, 0.25) is 0 Å². The summed E-state index contributed by atoms with van der Waals surface area (Å²) in [4.78, 5) is 16.4. The van der Waals surface area contributed by atoms with Gasteiger partial charge in [-0.3, -0.25) is 0 Å². The first kappa shape index (κ1) is 22.7. The Balaban J connectivity index is 1.19. The summed E-state index contributed by atoms with van der Waals surface area (Å²) in [7, 11) is -3.71. The van der Waals surface area contributed by atoms with E-state index in [0.717, 1.165) is 18.9 Å². The van der Waals surface area contributed by atoms with Crippen LogP contribution in [-0.2, 0) is 21.6 Å². The second-order valence-electron chi connectivity index (χ2n) is 8.88. The van der Waals surface area contributed by atoms with Gasteiger partial charge in [0.1, 0.15) is 4.90 Å². The van der Waals surface area contributed by atoms with Gasteiger partial charge in [0.25, 0.3) is 10.0 Å². The van der Waals surface area contributed by atoms with Crippen LogP contribution in [0.1, 0.15) is 29.5 Å². The predicted octanol–water partition coefficient (Wildman–Crippen LogP) is 3.21. The van der Waals surface area contributed by atoms with Crippen LogP contribution in [0.5, 0.6) is 0 Å². The topological polar surface area (TPSA) is 82.1 Å². The van der Waals surface area contributed by atoms with Crippen LogP contribution in [0.25, 0.3) is 0 Å². The molecule has 0 unspecified atom stereocenters. The van der Waals surface area contributed by atoms with Gasteiger partial charge in [0, 0.05) is 43.7 Å². The molecule has 1 saturated carbocycles. The number of alkyl halides is 3. The molecular weight excluding hydrogens is 469 g/mol. The van der Waals surface area contributed by atoms with Crippen molar-refractivity contribution in [3.05, 3.63) is 65.2 Å². The van der Waals surface area contributed by atoms with Gasteiger partial charge in [0.15, 0.2) is 5.84 Å². The molecule has 180 valence electrons. The summed E-state index contributed by atoms with van der Waals surface area (Å²) < 4.78 is 67.8. The maximum atomic E-state index is 13.1. The largest absolute Gasteiger partial charge is 0.416 e. The van der Waals surface area contributed by atoms with E-state index in [2.05, 4.69) is 9.71 Å². The van der Waals surface area contributed by atoms with Gasteiger partial charge in [-0.15, -0.1) is 4.40 Å². The number of piperazine rings is 1. The number of rotatable bonds is 3. The Bertz CT molecular complexity index is 1260. The van der Waals surface area contributed by atoms with E-state index in [9.17, 15) is 26.4 Å². The van der Waals surface area contributed by atoms with E-state index in [1.54, 1.807) is 29.2 Å². The number of urea groups is 1. The fourth-order valence-electron chi connectivity index (χ4n) is 4.54. The van der Waals surface area contributed by atoms with Crippen LogP contribution < -0.4 is 5.32 Å². The Morgan fingerprint density at radius 2 is 1.74 bits per heavy atom. The molecule has 2 fully saturated rings. The molecule has 0 atom stereocenters. The second kappa shape index (κ2) is 8.00. The normalized spacial score (nSPS) is 20.5. The third-order valence-electron chi connectivity index (χ3n) is 6.71. The number of benzene rings is 2. The SMILES string of the molecule is O=C(NCC1(c2cccc(C(F)(F)F)c2)CC1)N1CCN(C2=NS(=O)(=O)c3ccccc32)CC1. The number of hydrogen-bond acceptors (Lipinski definition) is 4. The van der Waals surface area contributed by atoms with E-state index in [0.29, 0.717) is 43.1 Å². The van der Waals surface area contributed by atoms with Crippen molar-refractivity contribution >= 4 is 21.9 Å². The van der Waals surface area contributed by atoms with Crippen LogP contribution in [0, 0.1) is 0 Å². The highest BCUT2D eigenvalue weighted by Gasteiger charge is 2.45. The smallest absolute Gasteiger partial charge is 0.352 e. The molecule has 2 heterocycles. The molecule has 1 aliphatic carbocycles. The lowest BCUT2D eigenvalue weighted by atomic mass is 9.94. The van der Waals surface area contributed by atoms with E-state index < -0.39 is 27.2 Å². The average Bonchev–Trinajstić information content (AvgIpc) is 3.57. The van der Waals surface area contributed by atoms with Crippen LogP contribution in [0.15, 0.2) is 57.8 Å². The van der Waals surface area contributed by atoms with E-state index in [1.807, 2.05) is 4.90 Å². The minimum absolute atomic E-state index is 0.189. The van der Waals surface area contributed by atoms with Gasteiger partial charge in [0.2, 0.25) is 0 Å². The number of carbonyl (C=O) groups excluding carboxylic acids is 1. The maximum Gasteiger partial charge on any atom is 0.416 e. The molecular formula is C23H23F3N4O3S. The number of amidine groups is 1. The first-order chi connectivity index (χ1) is 16.1. The van der Waals surface area contributed by atoms with Crippen LogP contribution in [-0.4, -0.2) is 62.8 Å². The number of sulfonamides is 1. The Hall–Kier alpha value is -3.08. The zero-order valence-corrected chi connectivity index (χ0v) is 19.0. The third kappa shape index (κ3) is 4.13. The fraction of sp³-hybridized carbons (Fsp3) is 0.391. The number of amides is 2. The number of halogens is 3. The maximum absolute atomic E-state index is 13.1. The summed E-state index contributed by atoms with van der Waals surface area (Å²) in [6.07, 6.45) is -2.97. The molecule has 1 N–H and O–H groups in total. The number of carbonyl (C=O) groups is 1. The lowest BCUT2D eigenvalue weighted by Crippen LogP contribution is -2.53. The van der Waals surface area contributed by atoms with Gasteiger partial charge in [-0.2, -0.15) is 21.6 Å². The van der Waals surface area contributed by atoms with Crippen molar-refractivity contribution in [2.24, 2.45) is 4.40 Å². The van der Waals surface area contributed by atoms with Gasteiger partial charge < -0.3 is 15.1 Å². The van der Waals surface area contributed by atoms with E-state index in [-0.39, 0.29) is 17.5 Å². The van der Waals surface area contributed by atoms with Crippen molar-refractivity contribution in [3.8, 4) is 0 Å². The quantitative estimate of drug-likeness (QED) is 0.714. The molecule has 0 radical (unpaired) electrons. The van der Waals surface area contributed by atoms with Gasteiger partial charge in [-0.05, 0) is 36.6 Å². The van der Waals surface area contributed by atoms with Crippen molar-refractivity contribution in [1.29, 1.82) is 0 Å². The van der Waals surface area contributed by atoms with Gasteiger partial charge in [0.05, 0.1) is 5.56 Å². The molecule has 5 rings (SSSR count). The summed E-state index contributed by atoms with van der Waals surface area (Å²) in [6, 6.07) is 11.7. The van der Waals surface area contributed by atoms with Crippen molar-refractivity contribution in [3.63, 3.8) is 0 Å². The molecule has 3 aliphatic rings. The lowest BCUT2D eigenvalue weighted by molar-refractivity contribution is -0.137. The van der Waals surface area contributed by atoms with Crippen molar-refractivity contribution < 1.29 is 26.4 Å². The van der Waals surface area contributed by atoms with Crippen LogP contribution >= 0.6 is 0 Å². The zero-order chi connectivity index (χ0) is 24.1. The summed E-state index contributed by atoms with van der Waals surface area (Å²) >= 11 is 0. The minimum atomic E-state index is -4.40. The highest BCUT2D eigenvalue weighted by Crippen LogP contribution is 2.48. The van der Waals surface area contributed by atoms with Crippen molar-refractivity contribution in [2.45, 2.75) is 29.3 Å².